The number of amides is 1. The third-order valence-corrected chi connectivity index (χ3v) is 2.87. The van der Waals surface area contributed by atoms with Crippen LogP contribution in [0.25, 0.3) is 0 Å². The highest BCUT2D eigenvalue weighted by atomic mass is 35.5. The van der Waals surface area contributed by atoms with Gasteiger partial charge in [-0.15, -0.1) is 24.8 Å². The molecule has 1 aromatic carbocycles. The molecule has 0 atom stereocenters. The summed E-state index contributed by atoms with van der Waals surface area (Å²) in [5.74, 6) is 0.327. The number of hydrogen-bond donors (Lipinski definition) is 2. The van der Waals surface area contributed by atoms with Crippen molar-refractivity contribution in [3.8, 4) is 5.75 Å². The summed E-state index contributed by atoms with van der Waals surface area (Å²) < 4.78 is 5.56. The van der Waals surface area contributed by atoms with E-state index in [2.05, 4.69) is 5.32 Å². The molecule has 1 amide bonds. The van der Waals surface area contributed by atoms with Crippen molar-refractivity contribution in [2.45, 2.75) is 19.4 Å². The van der Waals surface area contributed by atoms with Gasteiger partial charge in [-0.05, 0) is 46.1 Å². The summed E-state index contributed by atoms with van der Waals surface area (Å²) in [6.07, 6.45) is 0. The van der Waals surface area contributed by atoms with Crippen LogP contribution in [0.15, 0.2) is 18.2 Å². The van der Waals surface area contributed by atoms with Crippen LogP contribution in [0.3, 0.4) is 0 Å². The third-order valence-electron chi connectivity index (χ3n) is 2.57. The van der Waals surface area contributed by atoms with Crippen LogP contribution in [0.5, 0.6) is 5.75 Å². The van der Waals surface area contributed by atoms with E-state index in [1.807, 2.05) is 19.0 Å². The maximum absolute atomic E-state index is 11.8. The fourth-order valence-electron chi connectivity index (χ4n) is 1.33. The first kappa shape index (κ1) is 23.5. The number of nitrogens with one attached hydrogen (secondary N) is 1. The van der Waals surface area contributed by atoms with E-state index in [0.29, 0.717) is 23.1 Å². The number of nitrogens with two attached hydrogens (primary N) is 1. The van der Waals surface area contributed by atoms with Gasteiger partial charge in [-0.2, -0.15) is 0 Å². The average molecular weight is 373 g/mol. The monoisotopic (exact) mass is 371 g/mol. The topological polar surface area (TPSA) is 67.6 Å². The molecule has 1 aromatic rings. The minimum absolute atomic E-state index is 0. The molecular formula is C14H24Cl3N3O2. The molecule has 0 aromatic heterocycles. The molecule has 8 heteroatoms. The number of halogens is 3. The molecule has 0 aliphatic heterocycles. The second-order valence-corrected chi connectivity index (χ2v) is 5.88. The molecule has 0 unspecified atom stereocenters. The molecule has 0 saturated heterocycles. The minimum atomic E-state index is -0.937. The van der Waals surface area contributed by atoms with Gasteiger partial charge in [0, 0.05) is 12.2 Å². The first-order valence-electron chi connectivity index (χ1n) is 6.37. The van der Waals surface area contributed by atoms with Crippen LogP contribution in [0.4, 0.5) is 5.69 Å². The fraction of sp³-hybridized carbons (Fsp3) is 0.500. The summed E-state index contributed by atoms with van der Waals surface area (Å²) in [7, 11) is 3.94. The Hall–Kier alpha value is -0.720. The maximum atomic E-state index is 11.8. The van der Waals surface area contributed by atoms with Crippen LogP contribution in [0.2, 0.25) is 5.02 Å². The van der Waals surface area contributed by atoms with E-state index in [9.17, 15) is 4.79 Å². The van der Waals surface area contributed by atoms with Gasteiger partial charge < -0.3 is 20.7 Å². The predicted molar refractivity (Wildman–Crippen MR) is 96.9 cm³/mol. The normalized spacial score (nSPS) is 10.5. The van der Waals surface area contributed by atoms with Crippen LogP contribution in [0.1, 0.15) is 13.8 Å². The molecule has 3 N–H and O–H groups in total. The van der Waals surface area contributed by atoms with Crippen molar-refractivity contribution in [3.05, 3.63) is 23.2 Å². The number of ether oxygens (including phenoxy) is 1. The lowest BCUT2D eigenvalue weighted by Gasteiger charge is -2.18. The van der Waals surface area contributed by atoms with Crippen molar-refractivity contribution in [2.24, 2.45) is 5.73 Å². The molecule has 0 saturated carbocycles. The molecule has 0 bridgehead atoms. The minimum Gasteiger partial charge on any atom is -0.491 e. The van der Waals surface area contributed by atoms with Crippen LogP contribution in [-0.4, -0.2) is 43.6 Å². The molecule has 0 fully saturated rings. The Labute approximate surface area is 149 Å². The van der Waals surface area contributed by atoms with Gasteiger partial charge in [0.05, 0.1) is 10.6 Å². The van der Waals surface area contributed by atoms with E-state index in [0.717, 1.165) is 6.54 Å². The van der Waals surface area contributed by atoms with Crippen molar-refractivity contribution in [3.63, 3.8) is 0 Å². The third kappa shape index (κ3) is 8.06. The Balaban J connectivity index is 0. The molecule has 1 rings (SSSR count). The van der Waals surface area contributed by atoms with Crippen molar-refractivity contribution < 1.29 is 9.53 Å². The number of benzene rings is 1. The van der Waals surface area contributed by atoms with Crippen LogP contribution >= 0.6 is 36.4 Å². The smallest absolute Gasteiger partial charge is 0.243 e. The van der Waals surface area contributed by atoms with E-state index < -0.39 is 5.54 Å². The highest BCUT2D eigenvalue weighted by Crippen LogP contribution is 2.27. The maximum Gasteiger partial charge on any atom is 0.243 e. The van der Waals surface area contributed by atoms with Crippen molar-refractivity contribution in [1.82, 2.24) is 4.90 Å². The zero-order chi connectivity index (χ0) is 15.3. The summed E-state index contributed by atoms with van der Waals surface area (Å²) in [5, 5.41) is 3.17. The standard InChI is InChI=1S/C14H22ClN3O2.2ClH/c1-14(2,16)13(19)17-10-5-6-12(11(15)9-10)20-8-7-18(3)4;;/h5-6,9H,7-8,16H2,1-4H3,(H,17,19);2*1H. The number of likely N-dealkylation sites (N-methyl/N-ethyl adjacent to an activating group) is 1. The lowest BCUT2D eigenvalue weighted by atomic mass is 10.1. The summed E-state index contributed by atoms with van der Waals surface area (Å²) in [6.45, 7) is 4.63. The number of anilines is 1. The Kier molecular flexibility index (Phi) is 10.8. The highest BCUT2D eigenvalue weighted by Gasteiger charge is 2.21. The molecule has 5 nitrogen and oxygen atoms in total. The quantitative estimate of drug-likeness (QED) is 0.806. The Morgan fingerprint density at radius 1 is 1.36 bits per heavy atom. The molecule has 0 radical (unpaired) electrons. The summed E-state index contributed by atoms with van der Waals surface area (Å²) >= 11 is 6.12. The van der Waals surface area contributed by atoms with Gasteiger partial charge in [0.15, 0.2) is 0 Å². The Bertz CT molecular complexity index is 477. The van der Waals surface area contributed by atoms with Gasteiger partial charge in [-0.25, -0.2) is 0 Å². The number of hydrogen-bond acceptors (Lipinski definition) is 4. The van der Waals surface area contributed by atoms with Crippen molar-refractivity contribution in [1.29, 1.82) is 0 Å². The Morgan fingerprint density at radius 2 is 1.95 bits per heavy atom. The van der Waals surface area contributed by atoms with E-state index >= 15 is 0 Å². The molecule has 0 heterocycles. The lowest BCUT2D eigenvalue weighted by molar-refractivity contribution is -0.120. The van der Waals surface area contributed by atoms with Crippen molar-refractivity contribution >= 4 is 48.0 Å². The van der Waals surface area contributed by atoms with Gasteiger partial charge >= 0.3 is 0 Å². The van der Waals surface area contributed by atoms with Crippen LogP contribution < -0.4 is 15.8 Å². The zero-order valence-electron chi connectivity index (χ0n) is 13.2. The second-order valence-electron chi connectivity index (χ2n) is 5.47. The molecule has 0 aliphatic rings. The Morgan fingerprint density at radius 3 is 2.41 bits per heavy atom. The summed E-state index contributed by atoms with van der Waals surface area (Å²) in [6, 6.07) is 5.12. The molecule has 22 heavy (non-hydrogen) atoms. The van der Waals surface area contributed by atoms with Gasteiger partial charge in [0.1, 0.15) is 12.4 Å². The second kappa shape index (κ2) is 10.1. The highest BCUT2D eigenvalue weighted by molar-refractivity contribution is 6.32. The fourth-order valence-corrected chi connectivity index (χ4v) is 1.56. The molecule has 0 spiro atoms. The van der Waals surface area contributed by atoms with Crippen molar-refractivity contribution in [2.75, 3.05) is 32.6 Å². The van der Waals surface area contributed by atoms with E-state index in [1.165, 1.54) is 0 Å². The molecule has 0 aliphatic carbocycles. The van der Waals surface area contributed by atoms with Gasteiger partial charge in [-0.3, -0.25) is 4.79 Å². The number of carbonyl (C=O) groups excluding carboxylic acids is 1. The first-order valence-corrected chi connectivity index (χ1v) is 6.75. The SMILES string of the molecule is CN(C)CCOc1ccc(NC(=O)C(C)(C)N)cc1Cl.Cl.Cl. The molecule has 128 valence electrons. The lowest BCUT2D eigenvalue weighted by Crippen LogP contribution is -2.45. The van der Waals surface area contributed by atoms with E-state index in [-0.39, 0.29) is 30.7 Å². The average Bonchev–Trinajstić information content (AvgIpc) is 2.30. The number of rotatable bonds is 6. The first-order chi connectivity index (χ1) is 9.20. The number of nitrogens with zero attached hydrogens (tertiary/aromatic N) is 1. The number of carbonyl (C=O) groups is 1. The van der Waals surface area contributed by atoms with Gasteiger partial charge in [0.2, 0.25) is 5.91 Å². The van der Waals surface area contributed by atoms with Gasteiger partial charge in [-0.1, -0.05) is 11.6 Å². The predicted octanol–water partition coefficient (Wildman–Crippen LogP) is 2.80. The largest absolute Gasteiger partial charge is 0.491 e. The van der Waals surface area contributed by atoms with E-state index in [4.69, 9.17) is 22.1 Å². The summed E-state index contributed by atoms with van der Waals surface area (Å²) in [5.41, 5.74) is 5.37. The van der Waals surface area contributed by atoms with Gasteiger partial charge in [0.25, 0.3) is 0 Å². The van der Waals surface area contributed by atoms with Crippen LogP contribution in [-0.2, 0) is 4.79 Å². The molecular weight excluding hydrogens is 349 g/mol. The van der Waals surface area contributed by atoms with E-state index in [1.54, 1.807) is 32.0 Å². The van der Waals surface area contributed by atoms with Crippen LogP contribution in [0, 0.1) is 0 Å². The summed E-state index contributed by atoms with van der Waals surface area (Å²) in [4.78, 5) is 13.8. The zero-order valence-corrected chi connectivity index (χ0v) is 15.6.